The Bertz CT molecular complexity index is 1660. The molecule has 284 valence electrons. The van der Waals surface area contributed by atoms with E-state index >= 15 is 0 Å². The first-order valence-electron chi connectivity index (χ1n) is 19.1. The quantitative estimate of drug-likeness (QED) is 0.178. The minimum atomic E-state index is -3.91. The van der Waals surface area contributed by atoms with Crippen molar-refractivity contribution in [1.82, 2.24) is 0 Å². The molecule has 0 saturated heterocycles. The molecule has 0 radical (unpaired) electrons. The molecule has 4 heteroatoms. The van der Waals surface area contributed by atoms with Gasteiger partial charge in [0.15, 0.2) is 0 Å². The van der Waals surface area contributed by atoms with Gasteiger partial charge in [-0.25, -0.2) is 0 Å². The van der Waals surface area contributed by atoms with Crippen LogP contribution in [0.5, 0.6) is 17.2 Å². The average molecular weight is 725 g/mol. The Kier molecular flexibility index (Phi) is 11.3. The van der Waals surface area contributed by atoms with Gasteiger partial charge < -0.3 is 0 Å². The van der Waals surface area contributed by atoms with Crippen molar-refractivity contribution in [1.29, 1.82) is 0 Å². The molecule has 4 aromatic rings. The van der Waals surface area contributed by atoms with Gasteiger partial charge in [-0.2, -0.15) is 0 Å². The second-order valence-electron chi connectivity index (χ2n) is 20.9. The van der Waals surface area contributed by atoms with Crippen LogP contribution >= 0.6 is 7.94 Å². The van der Waals surface area contributed by atoms with Crippen LogP contribution in [0.2, 0.25) is 0 Å². The van der Waals surface area contributed by atoms with Gasteiger partial charge in [-0.15, -0.1) is 0 Å². The van der Waals surface area contributed by atoms with E-state index in [1.807, 2.05) is 6.07 Å². The Morgan fingerprint density at radius 3 is 0.827 bits per heavy atom. The fraction of sp³-hybridized carbons (Fsp3) is 0.500. The van der Waals surface area contributed by atoms with Gasteiger partial charge in [0.05, 0.1) is 0 Å². The van der Waals surface area contributed by atoms with E-state index in [2.05, 4.69) is 203 Å². The van der Waals surface area contributed by atoms with Crippen LogP contribution < -0.4 is 18.9 Å². The van der Waals surface area contributed by atoms with Crippen molar-refractivity contribution in [3.8, 4) is 17.2 Å². The van der Waals surface area contributed by atoms with Gasteiger partial charge in [-0.05, 0) is 0 Å². The van der Waals surface area contributed by atoms with Gasteiger partial charge in [0.1, 0.15) is 0 Å². The fourth-order valence-electron chi connectivity index (χ4n) is 6.33. The van der Waals surface area contributed by atoms with Gasteiger partial charge in [-0.1, -0.05) is 0 Å². The van der Waals surface area contributed by atoms with Gasteiger partial charge >= 0.3 is 319 Å². The molecule has 0 aliphatic rings. The number of hydrogen-bond acceptors (Lipinski definition) is 3. The average Bonchev–Trinajstić information content (AvgIpc) is 2.98. The molecule has 0 aromatic heterocycles. The van der Waals surface area contributed by atoms with E-state index < -0.39 is 7.94 Å². The Morgan fingerprint density at radius 1 is 0.327 bits per heavy atom. The fourth-order valence-corrected chi connectivity index (χ4v) is 8.81. The van der Waals surface area contributed by atoms with Gasteiger partial charge in [0, 0.05) is 0 Å². The maximum absolute atomic E-state index is 7.55. The Labute approximate surface area is 318 Å². The van der Waals surface area contributed by atoms with E-state index in [-0.39, 0.29) is 32.5 Å². The van der Waals surface area contributed by atoms with E-state index in [1.54, 1.807) is 0 Å². The van der Waals surface area contributed by atoms with Crippen molar-refractivity contribution in [2.45, 2.75) is 157 Å². The summed E-state index contributed by atoms with van der Waals surface area (Å²) in [4.78, 5) is 0. The van der Waals surface area contributed by atoms with Crippen LogP contribution in [0.3, 0.4) is 0 Å². The number of benzene rings is 4. The van der Waals surface area contributed by atoms with E-state index in [9.17, 15) is 0 Å². The first-order chi connectivity index (χ1) is 23.5. The summed E-state index contributed by atoms with van der Waals surface area (Å²) in [5, 5.41) is 0.897. The predicted molar refractivity (Wildman–Crippen MR) is 228 cm³/mol. The molecular weight excluding hydrogens is 655 g/mol. The molecule has 0 aliphatic carbocycles. The second kappa shape index (κ2) is 14.2. The molecule has 0 spiro atoms. The molecule has 0 bridgehead atoms. The van der Waals surface area contributed by atoms with Crippen LogP contribution in [0.1, 0.15) is 158 Å². The molecule has 4 rings (SSSR count). The number of hydrogen-bond donors (Lipinski definition) is 0. The first kappa shape index (κ1) is 41.5. The van der Waals surface area contributed by atoms with Crippen LogP contribution in [-0.2, 0) is 32.5 Å². The molecule has 4 aromatic carbocycles. The molecule has 52 heavy (non-hydrogen) atoms. The van der Waals surface area contributed by atoms with Crippen LogP contribution in [0.25, 0.3) is 0 Å². The molecule has 0 heterocycles. The summed E-state index contributed by atoms with van der Waals surface area (Å²) in [5.41, 5.74) is 6.48. The predicted octanol–water partition coefficient (Wildman–Crippen LogP) is 13.8. The second-order valence-corrected chi connectivity index (χ2v) is 23.2. The Hall–Kier alpha value is -3.29. The Morgan fingerprint density at radius 2 is 0.596 bits per heavy atom. The van der Waals surface area contributed by atoms with E-state index in [1.165, 1.54) is 16.7 Å². The molecule has 0 unspecified atom stereocenters. The van der Waals surface area contributed by atoms with Crippen molar-refractivity contribution in [2.24, 2.45) is 0 Å². The molecule has 0 amide bonds. The summed E-state index contributed by atoms with van der Waals surface area (Å²) < 4.78 is 22.6. The van der Waals surface area contributed by atoms with E-state index in [0.29, 0.717) is 0 Å². The molecule has 0 aliphatic heterocycles. The summed E-state index contributed by atoms with van der Waals surface area (Å²) in [5.74, 6) is 2.34. The first-order valence-corrected chi connectivity index (χ1v) is 20.8. The summed E-state index contributed by atoms with van der Waals surface area (Å²) >= 11 is 0. The van der Waals surface area contributed by atoms with Crippen molar-refractivity contribution < 1.29 is 13.6 Å². The molecule has 3 nitrogen and oxygen atoms in total. The maximum atomic E-state index is 7.55. The van der Waals surface area contributed by atoms with Crippen molar-refractivity contribution in [3.05, 3.63) is 118 Å². The van der Waals surface area contributed by atoms with Crippen molar-refractivity contribution in [3.63, 3.8) is 0 Å². The summed E-state index contributed by atoms with van der Waals surface area (Å²) in [6, 6.07) is 30.3. The standard InChI is InChI=1S/C48H69O3P/c1-43(2,3)33-24-27-40(37(30-33)46(10,11)12)49-52(36-22-20-19-21-23-36,50-41-28-25-34(44(4,5)6)31-38(41)47(13,14)15)51-42-29-26-35(45(7,8)9)32-39(42)48(16,17)18/h19-32,52H,1-18H3. The third-order valence-corrected chi connectivity index (χ3v) is 12.3. The summed E-state index contributed by atoms with van der Waals surface area (Å²) in [6.45, 7) is 40.6. The third kappa shape index (κ3) is 9.62. The van der Waals surface area contributed by atoms with Crippen LogP contribution in [0, 0.1) is 0 Å². The van der Waals surface area contributed by atoms with Crippen molar-refractivity contribution in [2.75, 3.05) is 0 Å². The van der Waals surface area contributed by atoms with Gasteiger partial charge in [-0.3, -0.25) is 0 Å². The molecule has 0 N–H and O–H groups in total. The molecule has 0 atom stereocenters. The molecular formula is C48H69O3P. The molecule has 0 fully saturated rings. The summed E-state index contributed by atoms with van der Waals surface area (Å²) in [7, 11) is -3.91. The topological polar surface area (TPSA) is 27.7 Å². The monoisotopic (exact) mass is 724 g/mol. The van der Waals surface area contributed by atoms with Gasteiger partial charge in [0.2, 0.25) is 0 Å². The van der Waals surface area contributed by atoms with E-state index in [4.69, 9.17) is 13.6 Å². The molecule has 0 saturated carbocycles. The van der Waals surface area contributed by atoms with Gasteiger partial charge in [0.25, 0.3) is 0 Å². The minimum absolute atomic E-state index is 0.0215. The Balaban J connectivity index is 2.12. The van der Waals surface area contributed by atoms with Crippen molar-refractivity contribution >= 4 is 13.2 Å². The van der Waals surface area contributed by atoms with Crippen LogP contribution in [-0.4, -0.2) is 0 Å². The third-order valence-electron chi connectivity index (χ3n) is 9.82. The zero-order valence-electron chi connectivity index (χ0n) is 35.8. The van der Waals surface area contributed by atoms with E-state index in [0.717, 1.165) is 39.2 Å². The zero-order chi connectivity index (χ0) is 39.3. The SMILES string of the molecule is CC(C)(C)c1ccc(O[PH](Oc2ccc(C(C)(C)C)cc2C(C)(C)C)(Oc2ccc(C(C)(C)C)cc2C(C)(C)C)c2ccccc2)c(C(C)(C)C)c1. The summed E-state index contributed by atoms with van der Waals surface area (Å²) in [6.07, 6.45) is 0. The zero-order valence-corrected chi connectivity index (χ0v) is 36.8. The normalized spacial score (nSPS) is 13.9. The number of rotatable bonds is 7. The van der Waals surface area contributed by atoms with Crippen LogP contribution in [0.15, 0.2) is 84.9 Å². The van der Waals surface area contributed by atoms with Crippen LogP contribution in [0.4, 0.5) is 0 Å².